The number of hydrogen-bond donors (Lipinski definition) is 2. The summed E-state index contributed by atoms with van der Waals surface area (Å²) in [5, 5.41) is 12.0. The lowest BCUT2D eigenvalue weighted by Gasteiger charge is -2.42. The summed E-state index contributed by atoms with van der Waals surface area (Å²) in [4.78, 5) is 25.5. The van der Waals surface area contributed by atoms with Gasteiger partial charge in [-0.15, -0.1) is 0 Å². The molecule has 3 rings (SSSR count). The number of aliphatic carboxylic acids is 1. The van der Waals surface area contributed by atoms with Crippen molar-refractivity contribution in [3.63, 3.8) is 0 Å². The molecule has 2 unspecified atom stereocenters. The van der Waals surface area contributed by atoms with E-state index in [9.17, 15) is 9.59 Å². The molecule has 1 aliphatic heterocycles. The molecule has 1 heterocycles. The number of benzene rings is 2. The highest BCUT2D eigenvalue weighted by molar-refractivity contribution is 5.76. The van der Waals surface area contributed by atoms with Crippen LogP contribution in [0.1, 0.15) is 36.4 Å². The number of hydrogen-bond acceptors (Lipinski definition) is 2. The van der Waals surface area contributed by atoms with Crippen LogP contribution in [0.15, 0.2) is 60.7 Å². The Morgan fingerprint density at radius 1 is 1.08 bits per heavy atom. The van der Waals surface area contributed by atoms with Gasteiger partial charge >= 0.3 is 12.0 Å². The molecule has 2 atom stereocenters. The topological polar surface area (TPSA) is 69.6 Å². The molecule has 0 aliphatic carbocycles. The summed E-state index contributed by atoms with van der Waals surface area (Å²) in [5.74, 6) is -0.844. The highest BCUT2D eigenvalue weighted by atomic mass is 16.4. The quantitative estimate of drug-likeness (QED) is 0.800. The summed E-state index contributed by atoms with van der Waals surface area (Å²) >= 11 is 0. The largest absolute Gasteiger partial charge is 0.481 e. The number of urea groups is 1. The second kappa shape index (κ2) is 8.52. The molecule has 0 aromatic heterocycles. The standard InChI is InChI=1S/C21H24N2O3/c24-20(25)12-11-18(15-16-7-3-1-4-8-16)22-21(26)23-14-13-19(23)17-9-5-2-6-10-17/h1-10,18-19H,11-15H2,(H,22,26)(H,24,25). The van der Waals surface area contributed by atoms with Crippen molar-refractivity contribution in [2.45, 2.75) is 37.8 Å². The number of carboxylic acids is 1. The monoisotopic (exact) mass is 352 g/mol. The molecule has 0 spiro atoms. The number of rotatable bonds is 7. The normalized spacial score (nSPS) is 17.2. The number of likely N-dealkylation sites (tertiary alicyclic amines) is 1. The molecule has 0 saturated carbocycles. The van der Waals surface area contributed by atoms with E-state index in [4.69, 9.17) is 5.11 Å². The van der Waals surface area contributed by atoms with Crippen LogP contribution in [0, 0.1) is 0 Å². The molecule has 0 radical (unpaired) electrons. The molecule has 2 aromatic carbocycles. The molecule has 1 fully saturated rings. The van der Waals surface area contributed by atoms with Gasteiger partial charge < -0.3 is 15.3 Å². The molecule has 5 nitrogen and oxygen atoms in total. The Balaban J connectivity index is 1.63. The van der Waals surface area contributed by atoms with Crippen LogP contribution in [0.5, 0.6) is 0 Å². The number of nitrogens with one attached hydrogen (secondary N) is 1. The first-order valence-electron chi connectivity index (χ1n) is 9.01. The first kappa shape index (κ1) is 18.0. The van der Waals surface area contributed by atoms with E-state index in [1.165, 1.54) is 0 Å². The van der Waals surface area contributed by atoms with Crippen molar-refractivity contribution in [3.05, 3.63) is 71.8 Å². The third kappa shape index (κ3) is 4.63. The molecule has 1 aliphatic rings. The van der Waals surface area contributed by atoms with Gasteiger partial charge in [-0.3, -0.25) is 4.79 Å². The van der Waals surface area contributed by atoms with E-state index in [2.05, 4.69) is 5.32 Å². The van der Waals surface area contributed by atoms with E-state index in [1.807, 2.05) is 65.6 Å². The lowest BCUT2D eigenvalue weighted by Crippen LogP contribution is -2.52. The van der Waals surface area contributed by atoms with Gasteiger partial charge in [0.1, 0.15) is 0 Å². The predicted molar refractivity (Wildman–Crippen MR) is 99.8 cm³/mol. The summed E-state index contributed by atoms with van der Waals surface area (Å²) < 4.78 is 0. The highest BCUT2D eigenvalue weighted by Crippen LogP contribution is 2.33. The minimum absolute atomic E-state index is 0.0416. The van der Waals surface area contributed by atoms with Crippen molar-refractivity contribution in [1.82, 2.24) is 10.2 Å². The Bertz CT molecular complexity index is 733. The lowest BCUT2D eigenvalue weighted by molar-refractivity contribution is -0.137. The van der Waals surface area contributed by atoms with Gasteiger partial charge in [0.25, 0.3) is 0 Å². The van der Waals surface area contributed by atoms with Crippen LogP contribution in [0.25, 0.3) is 0 Å². The summed E-state index contributed by atoms with van der Waals surface area (Å²) in [6, 6.07) is 19.6. The average molecular weight is 352 g/mol. The van der Waals surface area contributed by atoms with Gasteiger partial charge in [-0.2, -0.15) is 0 Å². The minimum Gasteiger partial charge on any atom is -0.481 e. The van der Waals surface area contributed by atoms with E-state index < -0.39 is 5.97 Å². The zero-order valence-corrected chi connectivity index (χ0v) is 14.7. The number of amides is 2. The van der Waals surface area contributed by atoms with E-state index in [0.717, 1.165) is 24.1 Å². The maximum absolute atomic E-state index is 12.7. The SMILES string of the molecule is O=C(O)CCC(Cc1ccccc1)NC(=O)N1CCC1c1ccccc1. The number of nitrogens with zero attached hydrogens (tertiary/aromatic N) is 1. The van der Waals surface area contributed by atoms with Gasteiger partial charge in [-0.05, 0) is 30.4 Å². The van der Waals surface area contributed by atoms with Crippen molar-refractivity contribution >= 4 is 12.0 Å². The highest BCUT2D eigenvalue weighted by Gasteiger charge is 2.34. The van der Waals surface area contributed by atoms with Crippen molar-refractivity contribution in [1.29, 1.82) is 0 Å². The molecule has 5 heteroatoms. The molecular formula is C21H24N2O3. The molecule has 0 bridgehead atoms. The minimum atomic E-state index is -0.844. The van der Waals surface area contributed by atoms with Gasteiger partial charge in [-0.1, -0.05) is 60.7 Å². The zero-order chi connectivity index (χ0) is 18.4. The van der Waals surface area contributed by atoms with Gasteiger partial charge in [0.05, 0.1) is 6.04 Å². The van der Waals surface area contributed by atoms with Crippen molar-refractivity contribution in [3.8, 4) is 0 Å². The Morgan fingerprint density at radius 2 is 1.73 bits per heavy atom. The number of carbonyl (C=O) groups is 2. The Labute approximate surface area is 153 Å². The van der Waals surface area contributed by atoms with Gasteiger partial charge in [0, 0.05) is 19.0 Å². The van der Waals surface area contributed by atoms with E-state index in [-0.39, 0.29) is 24.5 Å². The predicted octanol–water partition coefficient (Wildman–Crippen LogP) is 3.62. The smallest absolute Gasteiger partial charge is 0.318 e. The van der Waals surface area contributed by atoms with Gasteiger partial charge in [-0.25, -0.2) is 4.79 Å². The molecule has 136 valence electrons. The number of carbonyl (C=O) groups excluding carboxylic acids is 1. The molecule has 26 heavy (non-hydrogen) atoms. The van der Waals surface area contributed by atoms with Crippen molar-refractivity contribution < 1.29 is 14.7 Å². The Kier molecular flexibility index (Phi) is 5.89. The van der Waals surface area contributed by atoms with Gasteiger partial charge in [0.15, 0.2) is 0 Å². The van der Waals surface area contributed by atoms with E-state index in [0.29, 0.717) is 12.8 Å². The molecule has 2 aromatic rings. The fraction of sp³-hybridized carbons (Fsp3) is 0.333. The van der Waals surface area contributed by atoms with Crippen molar-refractivity contribution in [2.24, 2.45) is 0 Å². The van der Waals surface area contributed by atoms with Crippen LogP contribution in [-0.4, -0.2) is 34.6 Å². The van der Waals surface area contributed by atoms with Gasteiger partial charge in [0.2, 0.25) is 0 Å². The Hall–Kier alpha value is -2.82. The summed E-state index contributed by atoms with van der Waals surface area (Å²) in [6.07, 6.45) is 2.04. The molecular weight excluding hydrogens is 328 g/mol. The van der Waals surface area contributed by atoms with Crippen LogP contribution < -0.4 is 5.32 Å². The fourth-order valence-electron chi connectivity index (χ4n) is 3.33. The third-order valence-corrected chi connectivity index (χ3v) is 4.82. The molecule has 2 amide bonds. The van der Waals surface area contributed by atoms with Crippen LogP contribution in [0.2, 0.25) is 0 Å². The lowest BCUT2D eigenvalue weighted by atomic mass is 9.95. The molecule has 2 N–H and O–H groups in total. The number of carboxylic acid groups (broad SMARTS) is 1. The average Bonchev–Trinajstić information content (AvgIpc) is 2.60. The van der Waals surface area contributed by atoms with Crippen LogP contribution in [0.3, 0.4) is 0 Å². The van der Waals surface area contributed by atoms with Crippen LogP contribution in [0.4, 0.5) is 4.79 Å². The third-order valence-electron chi connectivity index (χ3n) is 4.82. The summed E-state index contributed by atoms with van der Waals surface area (Å²) in [6.45, 7) is 0.725. The maximum atomic E-state index is 12.7. The van der Waals surface area contributed by atoms with E-state index >= 15 is 0 Å². The summed E-state index contributed by atoms with van der Waals surface area (Å²) in [7, 11) is 0. The first-order chi connectivity index (χ1) is 12.6. The fourth-order valence-corrected chi connectivity index (χ4v) is 3.33. The van der Waals surface area contributed by atoms with Crippen LogP contribution >= 0.6 is 0 Å². The van der Waals surface area contributed by atoms with E-state index in [1.54, 1.807) is 0 Å². The van der Waals surface area contributed by atoms with Crippen molar-refractivity contribution in [2.75, 3.05) is 6.54 Å². The Morgan fingerprint density at radius 3 is 2.31 bits per heavy atom. The second-order valence-electron chi connectivity index (χ2n) is 6.68. The van der Waals surface area contributed by atoms with Crippen LogP contribution in [-0.2, 0) is 11.2 Å². The molecule has 1 saturated heterocycles. The maximum Gasteiger partial charge on any atom is 0.318 e. The zero-order valence-electron chi connectivity index (χ0n) is 14.7. The first-order valence-corrected chi connectivity index (χ1v) is 9.01. The summed E-state index contributed by atoms with van der Waals surface area (Å²) in [5.41, 5.74) is 2.23. The second-order valence-corrected chi connectivity index (χ2v) is 6.68.